The van der Waals surface area contributed by atoms with Crippen LogP contribution in [0.5, 0.6) is 11.5 Å². The molecule has 0 bridgehead atoms. The van der Waals surface area contributed by atoms with E-state index in [0.717, 1.165) is 26.9 Å². The van der Waals surface area contributed by atoms with Crippen LogP contribution in [-0.2, 0) is 6.61 Å². The van der Waals surface area contributed by atoms with Gasteiger partial charge in [-0.25, -0.2) is 0 Å². The number of ether oxygens (including phenoxy) is 2. The van der Waals surface area contributed by atoms with E-state index in [9.17, 15) is 0 Å². The van der Waals surface area contributed by atoms with E-state index in [2.05, 4.69) is 89.4 Å². The fraction of sp³-hybridized carbons (Fsp3) is 0.179. The average Bonchev–Trinajstić information content (AvgIpc) is 2.78. The molecule has 4 rings (SSSR count). The molecule has 0 aliphatic carbocycles. The highest BCUT2D eigenvalue weighted by Gasteiger charge is 2.13. The Morgan fingerprint density at radius 2 is 1.72 bits per heavy atom. The molecule has 0 spiro atoms. The van der Waals surface area contributed by atoms with E-state index < -0.39 is 0 Å². The predicted octanol–water partition coefficient (Wildman–Crippen LogP) is 7.95. The van der Waals surface area contributed by atoms with E-state index >= 15 is 0 Å². The van der Waals surface area contributed by atoms with Crippen LogP contribution in [-0.4, -0.2) is 12.8 Å². The lowest BCUT2D eigenvalue weighted by atomic mass is 10.1. The molecule has 0 N–H and O–H groups in total. The lowest BCUT2D eigenvalue weighted by Gasteiger charge is -2.15. The lowest BCUT2D eigenvalue weighted by Crippen LogP contribution is -2.02. The van der Waals surface area contributed by atoms with Gasteiger partial charge in [-0.15, -0.1) is 0 Å². The summed E-state index contributed by atoms with van der Waals surface area (Å²) in [6.45, 7) is 7.14. The maximum absolute atomic E-state index is 6.25. The molecular weight excluding hydrogens is 462 g/mol. The highest BCUT2D eigenvalue weighted by atomic mass is 79.9. The molecule has 162 valence electrons. The van der Waals surface area contributed by atoms with Crippen LogP contribution in [0.1, 0.15) is 29.2 Å². The number of rotatable bonds is 7. The topological polar surface area (TPSA) is 30.8 Å². The number of fused-ring (bicyclic) bond motifs is 1. The molecule has 0 atom stereocenters. The summed E-state index contributed by atoms with van der Waals surface area (Å²) >= 11 is 3.67. The van der Waals surface area contributed by atoms with Crippen molar-refractivity contribution in [3.8, 4) is 11.5 Å². The maximum atomic E-state index is 6.25. The van der Waals surface area contributed by atoms with Crippen LogP contribution in [0.4, 0.5) is 5.69 Å². The molecule has 0 saturated heterocycles. The largest absolute Gasteiger partial charge is 0.490 e. The van der Waals surface area contributed by atoms with Gasteiger partial charge in [0.2, 0.25) is 0 Å². The molecule has 4 aromatic rings. The Bertz CT molecular complexity index is 1270. The molecule has 4 heteroatoms. The zero-order chi connectivity index (χ0) is 22.5. The Morgan fingerprint density at radius 3 is 2.53 bits per heavy atom. The van der Waals surface area contributed by atoms with Crippen molar-refractivity contribution in [2.75, 3.05) is 6.61 Å². The van der Waals surface area contributed by atoms with Gasteiger partial charge in [0.05, 0.1) is 16.8 Å². The summed E-state index contributed by atoms with van der Waals surface area (Å²) in [7, 11) is 0. The molecular formula is C28H26BrNO2. The lowest BCUT2D eigenvalue weighted by molar-refractivity contribution is 0.268. The van der Waals surface area contributed by atoms with Crippen molar-refractivity contribution in [2.24, 2.45) is 4.99 Å². The van der Waals surface area contributed by atoms with Crippen molar-refractivity contribution in [3.63, 3.8) is 0 Å². The Labute approximate surface area is 197 Å². The van der Waals surface area contributed by atoms with Crippen LogP contribution in [0.3, 0.4) is 0 Å². The van der Waals surface area contributed by atoms with E-state index in [0.29, 0.717) is 24.7 Å². The summed E-state index contributed by atoms with van der Waals surface area (Å²) in [4.78, 5) is 4.67. The normalized spacial score (nSPS) is 11.2. The molecule has 4 aromatic carbocycles. The fourth-order valence-electron chi connectivity index (χ4n) is 3.73. The van der Waals surface area contributed by atoms with Crippen molar-refractivity contribution in [2.45, 2.75) is 27.4 Å². The second kappa shape index (κ2) is 10.0. The number of hydrogen-bond acceptors (Lipinski definition) is 3. The van der Waals surface area contributed by atoms with Gasteiger partial charge in [0.25, 0.3) is 0 Å². The number of benzene rings is 4. The van der Waals surface area contributed by atoms with Crippen molar-refractivity contribution in [1.29, 1.82) is 0 Å². The van der Waals surface area contributed by atoms with Gasteiger partial charge < -0.3 is 9.47 Å². The number of nitrogens with zero attached hydrogens (tertiary/aromatic N) is 1. The van der Waals surface area contributed by atoms with Crippen LogP contribution < -0.4 is 9.47 Å². The van der Waals surface area contributed by atoms with Crippen LogP contribution >= 0.6 is 15.9 Å². The standard InChI is InChI=1S/C28H26BrNO2/c1-4-31-27-16-21(17-30-26-13-12-19(2)14-20(26)3)15-25(29)28(27)32-18-23-10-7-9-22-8-5-6-11-24(22)23/h5-17H,4,18H2,1-3H3. The van der Waals surface area contributed by atoms with Gasteiger partial charge in [0.1, 0.15) is 6.61 Å². The SMILES string of the molecule is CCOc1cc(C=Nc2ccc(C)cc2C)cc(Br)c1OCc1cccc2ccccc12. The highest BCUT2D eigenvalue weighted by molar-refractivity contribution is 9.10. The van der Waals surface area contributed by atoms with Gasteiger partial charge in [-0.2, -0.15) is 0 Å². The second-order valence-corrected chi connectivity index (χ2v) is 8.59. The van der Waals surface area contributed by atoms with Gasteiger partial charge in [-0.05, 0) is 82.4 Å². The van der Waals surface area contributed by atoms with E-state index in [1.54, 1.807) is 0 Å². The Kier molecular flexibility index (Phi) is 6.91. The first-order valence-electron chi connectivity index (χ1n) is 10.7. The maximum Gasteiger partial charge on any atom is 0.175 e. The average molecular weight is 488 g/mol. The summed E-state index contributed by atoms with van der Waals surface area (Å²) in [5, 5.41) is 2.40. The minimum absolute atomic E-state index is 0.454. The third-order valence-corrected chi connectivity index (χ3v) is 5.88. The Hall–Kier alpha value is -3.11. The Morgan fingerprint density at radius 1 is 0.906 bits per heavy atom. The zero-order valence-electron chi connectivity index (χ0n) is 18.6. The molecule has 0 aliphatic heterocycles. The highest BCUT2D eigenvalue weighted by Crippen LogP contribution is 2.37. The third kappa shape index (κ3) is 5.03. The molecule has 3 nitrogen and oxygen atoms in total. The monoisotopic (exact) mass is 487 g/mol. The Balaban J connectivity index is 1.60. The van der Waals surface area contributed by atoms with Crippen molar-refractivity contribution in [3.05, 3.63) is 99.5 Å². The van der Waals surface area contributed by atoms with Gasteiger partial charge >= 0.3 is 0 Å². The molecule has 32 heavy (non-hydrogen) atoms. The van der Waals surface area contributed by atoms with E-state index in [1.807, 2.05) is 31.3 Å². The van der Waals surface area contributed by atoms with Gasteiger partial charge in [-0.1, -0.05) is 60.2 Å². The fourth-order valence-corrected chi connectivity index (χ4v) is 4.30. The van der Waals surface area contributed by atoms with Crippen molar-refractivity contribution < 1.29 is 9.47 Å². The third-order valence-electron chi connectivity index (χ3n) is 5.29. The molecule has 0 amide bonds. The van der Waals surface area contributed by atoms with Crippen molar-refractivity contribution >= 4 is 38.6 Å². The molecule has 0 radical (unpaired) electrons. The molecule has 0 aliphatic rings. The van der Waals surface area contributed by atoms with Crippen LogP contribution in [0.15, 0.2) is 82.3 Å². The summed E-state index contributed by atoms with van der Waals surface area (Å²) in [5.74, 6) is 1.40. The van der Waals surface area contributed by atoms with Gasteiger partial charge in [-0.3, -0.25) is 4.99 Å². The molecule has 0 heterocycles. The molecule has 0 saturated carbocycles. The second-order valence-electron chi connectivity index (χ2n) is 7.74. The van der Waals surface area contributed by atoms with Crippen LogP contribution in [0, 0.1) is 13.8 Å². The minimum atomic E-state index is 0.454. The predicted molar refractivity (Wildman–Crippen MR) is 137 cm³/mol. The summed E-state index contributed by atoms with van der Waals surface area (Å²) in [6, 6.07) is 24.9. The number of aryl methyl sites for hydroxylation is 2. The zero-order valence-corrected chi connectivity index (χ0v) is 20.1. The first kappa shape index (κ1) is 22.1. The molecule has 0 unspecified atom stereocenters. The summed E-state index contributed by atoms with van der Waals surface area (Å²) < 4.78 is 13.0. The van der Waals surface area contributed by atoms with Crippen LogP contribution in [0.25, 0.3) is 10.8 Å². The first-order valence-corrected chi connectivity index (χ1v) is 11.5. The smallest absolute Gasteiger partial charge is 0.175 e. The summed E-state index contributed by atoms with van der Waals surface area (Å²) in [6.07, 6.45) is 1.86. The minimum Gasteiger partial charge on any atom is -0.490 e. The van der Waals surface area contributed by atoms with Gasteiger partial charge in [0.15, 0.2) is 11.5 Å². The molecule has 0 aromatic heterocycles. The number of hydrogen-bond donors (Lipinski definition) is 0. The number of halogens is 1. The first-order chi connectivity index (χ1) is 15.5. The summed E-state index contributed by atoms with van der Waals surface area (Å²) in [5.41, 5.74) is 5.42. The molecule has 0 fully saturated rings. The van der Waals surface area contributed by atoms with Crippen LogP contribution in [0.2, 0.25) is 0 Å². The van der Waals surface area contributed by atoms with E-state index in [4.69, 9.17) is 9.47 Å². The van der Waals surface area contributed by atoms with Crippen molar-refractivity contribution in [1.82, 2.24) is 0 Å². The number of aliphatic imine (C=N–C) groups is 1. The quantitative estimate of drug-likeness (QED) is 0.247. The van der Waals surface area contributed by atoms with Gasteiger partial charge in [0, 0.05) is 6.21 Å². The van der Waals surface area contributed by atoms with E-state index in [1.165, 1.54) is 16.3 Å². The van der Waals surface area contributed by atoms with E-state index in [-0.39, 0.29) is 0 Å².